The van der Waals surface area contributed by atoms with Gasteiger partial charge in [-0.1, -0.05) is 48.5 Å². The van der Waals surface area contributed by atoms with Gasteiger partial charge in [0.25, 0.3) is 0 Å². The highest BCUT2D eigenvalue weighted by Gasteiger charge is 2.28. The number of benzene rings is 2. The molecule has 126 valence electrons. The lowest BCUT2D eigenvalue weighted by atomic mass is 9.94. The van der Waals surface area contributed by atoms with Gasteiger partial charge in [0.15, 0.2) is 0 Å². The van der Waals surface area contributed by atoms with Crippen LogP contribution in [0.5, 0.6) is 0 Å². The molecule has 0 aliphatic carbocycles. The van der Waals surface area contributed by atoms with Crippen LogP contribution in [-0.4, -0.2) is 20.0 Å². The Hall–Kier alpha value is -2.99. The molecule has 0 amide bonds. The lowest BCUT2D eigenvalue weighted by molar-refractivity contribution is 0.332. The Morgan fingerprint density at radius 2 is 1.80 bits per heavy atom. The Morgan fingerprint density at radius 3 is 2.64 bits per heavy atom. The van der Waals surface area contributed by atoms with E-state index < -0.39 is 5.54 Å². The van der Waals surface area contributed by atoms with E-state index in [1.807, 2.05) is 72.4 Å². The molecular weight excluding hydrogens is 314 g/mol. The van der Waals surface area contributed by atoms with Crippen molar-refractivity contribution in [1.29, 1.82) is 0 Å². The summed E-state index contributed by atoms with van der Waals surface area (Å²) in [5.74, 6) is 0.927. The molecule has 2 aromatic heterocycles. The summed E-state index contributed by atoms with van der Waals surface area (Å²) in [6.07, 6.45) is 2.45. The summed E-state index contributed by atoms with van der Waals surface area (Å²) in [5.41, 5.74) is 7.86. The molecule has 0 saturated heterocycles. The molecule has 0 aliphatic heterocycles. The molecular formula is C19H19N5O. The zero-order valence-corrected chi connectivity index (χ0v) is 14.0. The van der Waals surface area contributed by atoms with Crippen LogP contribution in [0.1, 0.15) is 24.3 Å². The third-order valence-electron chi connectivity index (χ3n) is 4.21. The molecule has 6 nitrogen and oxygen atoms in total. The van der Waals surface area contributed by atoms with Gasteiger partial charge < -0.3 is 10.2 Å². The molecule has 2 aromatic carbocycles. The first-order valence-electron chi connectivity index (χ1n) is 8.18. The summed E-state index contributed by atoms with van der Waals surface area (Å²) in [6, 6.07) is 18.1. The summed E-state index contributed by atoms with van der Waals surface area (Å²) in [6.45, 7) is 2.32. The second-order valence-corrected chi connectivity index (χ2v) is 6.44. The molecule has 6 heteroatoms. The van der Waals surface area contributed by atoms with Gasteiger partial charge in [0.05, 0.1) is 17.3 Å². The van der Waals surface area contributed by atoms with E-state index in [4.69, 9.17) is 10.2 Å². The topological polar surface area (TPSA) is 82.8 Å². The van der Waals surface area contributed by atoms with E-state index in [1.54, 1.807) is 0 Å². The maximum Gasteiger partial charge on any atom is 0.238 e. The molecule has 25 heavy (non-hydrogen) atoms. The molecule has 0 fully saturated rings. The maximum atomic E-state index is 6.43. The smallest absolute Gasteiger partial charge is 0.238 e. The number of nitrogens with two attached hydrogens (primary N) is 1. The Morgan fingerprint density at radius 1 is 1.04 bits per heavy atom. The fourth-order valence-electron chi connectivity index (χ4n) is 2.92. The Bertz CT molecular complexity index is 987. The predicted molar refractivity (Wildman–Crippen MR) is 94.8 cm³/mol. The minimum Gasteiger partial charge on any atom is -0.421 e. The van der Waals surface area contributed by atoms with Crippen LogP contribution in [0.3, 0.4) is 0 Å². The van der Waals surface area contributed by atoms with Crippen molar-refractivity contribution >= 4 is 10.9 Å². The van der Waals surface area contributed by atoms with Crippen molar-refractivity contribution in [2.24, 2.45) is 5.73 Å². The number of aromatic nitrogens is 4. The van der Waals surface area contributed by atoms with E-state index in [2.05, 4.69) is 15.3 Å². The molecule has 0 saturated carbocycles. The molecule has 0 bridgehead atoms. The summed E-state index contributed by atoms with van der Waals surface area (Å²) in [7, 11) is 0. The largest absolute Gasteiger partial charge is 0.421 e. The lowest BCUT2D eigenvalue weighted by Gasteiger charge is -2.20. The van der Waals surface area contributed by atoms with E-state index in [9.17, 15) is 0 Å². The zero-order valence-electron chi connectivity index (χ0n) is 14.0. The van der Waals surface area contributed by atoms with E-state index in [-0.39, 0.29) is 0 Å². The van der Waals surface area contributed by atoms with Crippen molar-refractivity contribution in [2.45, 2.75) is 25.4 Å². The standard InChI is InChI=1S/C19H19N5O/c1-19(20,11-14-7-3-2-4-8-14)18-23-22-17(25-18)13-24-16-10-6-5-9-15(16)12-21-24/h2-10,12H,11,13,20H2,1H3/t19-/m1/s1. The molecule has 2 heterocycles. The van der Waals surface area contributed by atoms with Gasteiger partial charge in [-0.05, 0) is 25.0 Å². The molecule has 1 atom stereocenters. The zero-order chi connectivity index (χ0) is 17.3. The quantitative estimate of drug-likeness (QED) is 0.607. The van der Waals surface area contributed by atoms with Crippen LogP contribution in [0, 0.1) is 0 Å². The first-order chi connectivity index (χ1) is 12.1. The monoisotopic (exact) mass is 333 g/mol. The van der Waals surface area contributed by atoms with Gasteiger partial charge >= 0.3 is 0 Å². The van der Waals surface area contributed by atoms with Crippen LogP contribution in [0.15, 0.2) is 65.2 Å². The molecule has 0 unspecified atom stereocenters. The van der Waals surface area contributed by atoms with Crippen molar-refractivity contribution in [3.8, 4) is 0 Å². The number of rotatable bonds is 5. The van der Waals surface area contributed by atoms with Crippen LogP contribution in [0.25, 0.3) is 10.9 Å². The van der Waals surface area contributed by atoms with Crippen LogP contribution in [-0.2, 0) is 18.5 Å². The van der Waals surface area contributed by atoms with Gasteiger partial charge in [-0.15, -0.1) is 10.2 Å². The SMILES string of the molecule is C[C@@](N)(Cc1ccccc1)c1nnc(Cn2ncc3ccccc32)o1. The number of hydrogen-bond acceptors (Lipinski definition) is 5. The van der Waals surface area contributed by atoms with Crippen LogP contribution in [0.4, 0.5) is 0 Å². The third-order valence-corrected chi connectivity index (χ3v) is 4.21. The summed E-state index contributed by atoms with van der Waals surface area (Å²) >= 11 is 0. The van der Waals surface area contributed by atoms with Gasteiger partial charge in [0.1, 0.15) is 6.54 Å². The van der Waals surface area contributed by atoms with Crippen molar-refractivity contribution in [3.63, 3.8) is 0 Å². The van der Waals surface area contributed by atoms with Crippen LogP contribution >= 0.6 is 0 Å². The molecule has 4 aromatic rings. The lowest BCUT2D eigenvalue weighted by Crippen LogP contribution is -2.35. The van der Waals surface area contributed by atoms with E-state index in [0.29, 0.717) is 24.7 Å². The average Bonchev–Trinajstić information content (AvgIpc) is 3.24. The second kappa shape index (κ2) is 6.14. The van der Waals surface area contributed by atoms with Crippen LogP contribution < -0.4 is 5.73 Å². The first-order valence-corrected chi connectivity index (χ1v) is 8.18. The Balaban J connectivity index is 1.55. The minimum atomic E-state index is -0.723. The first kappa shape index (κ1) is 15.5. The average molecular weight is 333 g/mol. The molecule has 0 aliphatic rings. The van der Waals surface area contributed by atoms with Crippen molar-refractivity contribution in [3.05, 3.63) is 78.1 Å². The molecule has 0 radical (unpaired) electrons. The van der Waals surface area contributed by atoms with Gasteiger partial charge in [0.2, 0.25) is 11.8 Å². The molecule has 4 rings (SSSR count). The van der Waals surface area contributed by atoms with Crippen molar-refractivity contribution in [2.75, 3.05) is 0 Å². The number of nitrogens with zero attached hydrogens (tertiary/aromatic N) is 4. The fourth-order valence-corrected chi connectivity index (χ4v) is 2.92. The predicted octanol–water partition coefficient (Wildman–Crippen LogP) is 2.88. The summed E-state index contributed by atoms with van der Waals surface area (Å²) < 4.78 is 7.68. The number of hydrogen-bond donors (Lipinski definition) is 1. The Kier molecular flexibility index (Phi) is 3.82. The number of fused-ring (bicyclic) bond motifs is 1. The van der Waals surface area contributed by atoms with Gasteiger partial charge in [-0.3, -0.25) is 4.68 Å². The summed E-state index contributed by atoms with van der Waals surface area (Å²) in [4.78, 5) is 0. The highest BCUT2D eigenvalue weighted by molar-refractivity contribution is 5.78. The minimum absolute atomic E-state index is 0.419. The summed E-state index contributed by atoms with van der Waals surface area (Å²) in [5, 5.41) is 13.8. The van der Waals surface area contributed by atoms with E-state index >= 15 is 0 Å². The Labute approximate surface area is 145 Å². The maximum absolute atomic E-state index is 6.43. The molecule has 0 spiro atoms. The number of para-hydroxylation sites is 1. The van der Waals surface area contributed by atoms with Crippen molar-refractivity contribution in [1.82, 2.24) is 20.0 Å². The van der Waals surface area contributed by atoms with Gasteiger partial charge in [-0.2, -0.15) is 5.10 Å². The third kappa shape index (κ3) is 3.16. The van der Waals surface area contributed by atoms with Gasteiger partial charge in [0, 0.05) is 5.39 Å². The fraction of sp³-hybridized carbons (Fsp3) is 0.211. The van der Waals surface area contributed by atoms with Crippen molar-refractivity contribution < 1.29 is 4.42 Å². The second-order valence-electron chi connectivity index (χ2n) is 6.44. The highest BCUT2D eigenvalue weighted by Crippen LogP contribution is 2.22. The van der Waals surface area contributed by atoms with E-state index in [1.165, 1.54) is 0 Å². The molecule has 2 N–H and O–H groups in total. The highest BCUT2D eigenvalue weighted by atomic mass is 16.4. The van der Waals surface area contributed by atoms with Gasteiger partial charge in [-0.25, -0.2) is 0 Å². The normalized spacial score (nSPS) is 13.8. The van der Waals surface area contributed by atoms with Crippen LogP contribution in [0.2, 0.25) is 0 Å². The van der Waals surface area contributed by atoms with E-state index in [0.717, 1.165) is 16.5 Å².